The maximum atomic E-state index is 13.0. The molecule has 1 heterocycles. The second-order valence-electron chi connectivity index (χ2n) is 3.36. The molecule has 0 saturated heterocycles. The molecular weight excluding hydrogens is 257 g/mol. The molecule has 0 spiro atoms. The van der Waals surface area contributed by atoms with E-state index in [4.69, 9.17) is 0 Å². The maximum absolute atomic E-state index is 13.0. The number of aromatic nitrogens is 2. The Balaban J connectivity index is 2.01. The Bertz CT molecular complexity index is 487. The molecule has 1 aromatic carbocycles. The van der Waals surface area contributed by atoms with Crippen molar-refractivity contribution in [2.75, 3.05) is 11.1 Å². The zero-order chi connectivity index (χ0) is 12.1. The first kappa shape index (κ1) is 12.3. The zero-order valence-corrected chi connectivity index (χ0v) is 10.9. The van der Waals surface area contributed by atoms with E-state index in [1.54, 1.807) is 23.9 Å². The molecule has 0 aliphatic rings. The summed E-state index contributed by atoms with van der Waals surface area (Å²) in [5.41, 5.74) is 0.688. The average Bonchev–Trinajstić information content (AvgIpc) is 2.74. The molecule has 2 aromatic rings. The Morgan fingerprint density at radius 3 is 3.06 bits per heavy atom. The largest absolute Gasteiger partial charge is 0.330 e. The number of nitrogens with zero attached hydrogens (tertiary/aromatic N) is 2. The van der Waals surface area contributed by atoms with Crippen molar-refractivity contribution in [2.45, 2.75) is 17.7 Å². The van der Waals surface area contributed by atoms with Crippen molar-refractivity contribution < 1.29 is 4.39 Å². The van der Waals surface area contributed by atoms with Crippen molar-refractivity contribution in [2.24, 2.45) is 0 Å². The third-order valence-electron chi connectivity index (χ3n) is 1.91. The van der Waals surface area contributed by atoms with Gasteiger partial charge < -0.3 is 5.32 Å². The lowest BCUT2D eigenvalue weighted by Crippen LogP contribution is -1.89. The molecule has 2 rings (SSSR count). The summed E-state index contributed by atoms with van der Waals surface area (Å²) in [5.74, 6) is 0.773. The number of halogens is 1. The number of rotatable bonds is 5. The fourth-order valence-electron chi connectivity index (χ4n) is 1.20. The van der Waals surface area contributed by atoms with Gasteiger partial charge in [-0.3, -0.25) is 0 Å². The fraction of sp³-hybridized carbons (Fsp3) is 0.273. The minimum atomic E-state index is -0.264. The quantitative estimate of drug-likeness (QED) is 0.835. The van der Waals surface area contributed by atoms with Crippen LogP contribution in [0.3, 0.4) is 0 Å². The molecule has 90 valence electrons. The van der Waals surface area contributed by atoms with E-state index >= 15 is 0 Å². The highest BCUT2D eigenvalue weighted by Gasteiger charge is 2.04. The summed E-state index contributed by atoms with van der Waals surface area (Å²) in [5, 5.41) is 11.8. The van der Waals surface area contributed by atoms with Gasteiger partial charge in [-0.05, 0) is 24.6 Å². The molecule has 0 radical (unpaired) electrons. The van der Waals surface area contributed by atoms with Gasteiger partial charge in [-0.15, -0.1) is 10.2 Å². The van der Waals surface area contributed by atoms with Gasteiger partial charge in [0.2, 0.25) is 5.13 Å². The van der Waals surface area contributed by atoms with Gasteiger partial charge in [-0.25, -0.2) is 4.39 Å². The van der Waals surface area contributed by atoms with Gasteiger partial charge in [-0.1, -0.05) is 36.1 Å². The first-order valence-corrected chi connectivity index (χ1v) is 7.07. The van der Waals surface area contributed by atoms with Gasteiger partial charge in [0.25, 0.3) is 0 Å². The van der Waals surface area contributed by atoms with Gasteiger partial charge in [0.1, 0.15) is 5.82 Å². The third kappa shape index (κ3) is 3.67. The first-order valence-electron chi connectivity index (χ1n) is 5.27. The molecule has 0 aliphatic heterocycles. The van der Waals surface area contributed by atoms with Crippen LogP contribution in [0.2, 0.25) is 0 Å². The normalized spacial score (nSPS) is 10.5. The molecule has 3 nitrogen and oxygen atoms in total. The first-order chi connectivity index (χ1) is 8.28. The Hall–Kier alpha value is -1.14. The van der Waals surface area contributed by atoms with Crippen LogP contribution >= 0.6 is 23.1 Å². The Labute approximate surface area is 107 Å². The van der Waals surface area contributed by atoms with Crippen molar-refractivity contribution in [3.63, 3.8) is 0 Å². The van der Waals surface area contributed by atoms with Crippen molar-refractivity contribution in [3.8, 4) is 0 Å². The van der Waals surface area contributed by atoms with Crippen LogP contribution < -0.4 is 5.32 Å². The average molecular weight is 269 g/mol. The summed E-state index contributed by atoms with van der Waals surface area (Å²) < 4.78 is 13.9. The number of hydrogen-bond donors (Lipinski definition) is 1. The van der Waals surface area contributed by atoms with Crippen LogP contribution in [-0.2, 0) is 0 Å². The van der Waals surface area contributed by atoms with Gasteiger partial charge >= 0.3 is 0 Å². The van der Waals surface area contributed by atoms with E-state index in [9.17, 15) is 4.39 Å². The van der Waals surface area contributed by atoms with Crippen LogP contribution in [0.15, 0.2) is 28.6 Å². The van der Waals surface area contributed by atoms with E-state index in [2.05, 4.69) is 22.4 Å². The Morgan fingerprint density at radius 1 is 1.41 bits per heavy atom. The Morgan fingerprint density at radius 2 is 2.29 bits per heavy atom. The number of thioether (sulfide) groups is 1. The lowest BCUT2D eigenvalue weighted by molar-refractivity contribution is 0.628. The molecule has 0 saturated carbocycles. The topological polar surface area (TPSA) is 37.8 Å². The summed E-state index contributed by atoms with van der Waals surface area (Å²) in [6.07, 6.45) is 1.11. The molecule has 0 unspecified atom stereocenters. The fourth-order valence-corrected chi connectivity index (χ4v) is 2.90. The highest BCUT2D eigenvalue weighted by atomic mass is 32.2. The van der Waals surface area contributed by atoms with Crippen LogP contribution in [-0.4, -0.2) is 16.0 Å². The maximum Gasteiger partial charge on any atom is 0.210 e. The summed E-state index contributed by atoms with van der Waals surface area (Å²) >= 11 is 3.17. The highest BCUT2D eigenvalue weighted by Crippen LogP contribution is 2.27. The predicted molar refractivity (Wildman–Crippen MR) is 70.6 cm³/mol. The monoisotopic (exact) mass is 269 g/mol. The van der Waals surface area contributed by atoms with Gasteiger partial charge in [0, 0.05) is 11.4 Å². The van der Waals surface area contributed by atoms with Crippen molar-refractivity contribution in [1.82, 2.24) is 10.2 Å². The number of nitrogens with one attached hydrogen (secondary N) is 1. The van der Waals surface area contributed by atoms with E-state index in [1.807, 2.05) is 0 Å². The molecule has 0 aliphatic carbocycles. The van der Waals surface area contributed by atoms with Gasteiger partial charge in [-0.2, -0.15) is 0 Å². The molecule has 0 atom stereocenters. The van der Waals surface area contributed by atoms with E-state index in [0.717, 1.165) is 16.5 Å². The second-order valence-corrected chi connectivity index (χ2v) is 5.68. The van der Waals surface area contributed by atoms with Crippen LogP contribution in [0.1, 0.15) is 13.3 Å². The Kier molecular flexibility index (Phi) is 4.33. The number of anilines is 2. The van der Waals surface area contributed by atoms with Gasteiger partial charge in [0.15, 0.2) is 4.34 Å². The van der Waals surface area contributed by atoms with Crippen LogP contribution in [0.25, 0.3) is 0 Å². The number of benzene rings is 1. The SMILES string of the molecule is CCCSc1nnc(Nc2cccc(F)c2)s1. The van der Waals surface area contributed by atoms with E-state index in [0.29, 0.717) is 10.8 Å². The lowest BCUT2D eigenvalue weighted by atomic mass is 10.3. The lowest BCUT2D eigenvalue weighted by Gasteiger charge is -2.00. The molecule has 17 heavy (non-hydrogen) atoms. The molecule has 0 amide bonds. The summed E-state index contributed by atoms with van der Waals surface area (Å²) in [6, 6.07) is 6.29. The van der Waals surface area contributed by atoms with E-state index in [-0.39, 0.29) is 5.82 Å². The van der Waals surface area contributed by atoms with Crippen molar-refractivity contribution >= 4 is 33.9 Å². The zero-order valence-electron chi connectivity index (χ0n) is 9.31. The summed E-state index contributed by atoms with van der Waals surface area (Å²) in [4.78, 5) is 0. The predicted octanol–water partition coefficient (Wildman–Crippen LogP) is 3.92. The molecular formula is C11H12FN3S2. The van der Waals surface area contributed by atoms with Crippen molar-refractivity contribution in [1.29, 1.82) is 0 Å². The van der Waals surface area contributed by atoms with Crippen LogP contribution in [0.5, 0.6) is 0 Å². The van der Waals surface area contributed by atoms with Crippen LogP contribution in [0, 0.1) is 5.82 Å². The van der Waals surface area contributed by atoms with Gasteiger partial charge in [0.05, 0.1) is 0 Å². The second kappa shape index (κ2) is 5.97. The minimum absolute atomic E-state index is 0.264. The number of hydrogen-bond acceptors (Lipinski definition) is 5. The van der Waals surface area contributed by atoms with E-state index < -0.39 is 0 Å². The molecule has 6 heteroatoms. The summed E-state index contributed by atoms with van der Waals surface area (Å²) in [7, 11) is 0. The minimum Gasteiger partial charge on any atom is -0.330 e. The standard InChI is InChI=1S/C11H12FN3S2/c1-2-6-16-11-15-14-10(17-11)13-9-5-3-4-8(12)7-9/h3-5,7H,2,6H2,1H3,(H,13,14). The van der Waals surface area contributed by atoms with Crippen LogP contribution in [0.4, 0.5) is 15.2 Å². The molecule has 0 fully saturated rings. The molecule has 0 bridgehead atoms. The smallest absolute Gasteiger partial charge is 0.210 e. The molecule has 1 N–H and O–H groups in total. The molecule has 1 aromatic heterocycles. The van der Waals surface area contributed by atoms with E-state index in [1.165, 1.54) is 23.5 Å². The summed E-state index contributed by atoms with van der Waals surface area (Å²) in [6.45, 7) is 2.12. The van der Waals surface area contributed by atoms with Crippen molar-refractivity contribution in [3.05, 3.63) is 30.1 Å². The highest BCUT2D eigenvalue weighted by molar-refractivity contribution is 8.01. The third-order valence-corrected chi connectivity index (χ3v) is 4.09.